The Bertz CT molecular complexity index is 912. The molecule has 0 aliphatic carbocycles. The lowest BCUT2D eigenvalue weighted by atomic mass is 10.1. The summed E-state index contributed by atoms with van der Waals surface area (Å²) in [6.45, 7) is 2.37. The Morgan fingerprint density at radius 3 is 2.29 bits per heavy atom. The summed E-state index contributed by atoms with van der Waals surface area (Å²) in [5.41, 5.74) is 0.473. The second-order valence-electron chi connectivity index (χ2n) is 6.67. The van der Waals surface area contributed by atoms with Gasteiger partial charge in [0.1, 0.15) is 12.2 Å². The van der Waals surface area contributed by atoms with Gasteiger partial charge < -0.3 is 28.5 Å². The normalized spacial score (nSPS) is 24.5. The summed E-state index contributed by atoms with van der Waals surface area (Å²) in [7, 11) is 0. The van der Waals surface area contributed by atoms with Crippen LogP contribution in [0.1, 0.15) is 19.4 Å². The van der Waals surface area contributed by atoms with Crippen LogP contribution in [0, 0.1) is 10.1 Å². The number of esters is 3. The Kier molecular flexibility index (Phi) is 6.82. The summed E-state index contributed by atoms with van der Waals surface area (Å²) in [6.07, 6.45) is -0.437. The smallest absolute Gasteiger partial charge is 0.331 e. The van der Waals surface area contributed by atoms with Crippen LogP contribution in [0.25, 0.3) is 6.08 Å². The van der Waals surface area contributed by atoms with Crippen molar-refractivity contribution >= 4 is 24.0 Å². The van der Waals surface area contributed by atoms with E-state index in [-0.39, 0.29) is 24.7 Å². The van der Waals surface area contributed by atoms with Crippen molar-refractivity contribution in [2.75, 3.05) is 13.2 Å². The van der Waals surface area contributed by atoms with E-state index in [9.17, 15) is 24.5 Å². The number of carbonyl (C=O) groups is 3. The molecule has 0 aromatic heterocycles. The second kappa shape index (κ2) is 9.53. The monoisotopic (exact) mass is 437 g/mol. The van der Waals surface area contributed by atoms with E-state index in [2.05, 4.69) is 4.84 Å². The van der Waals surface area contributed by atoms with Crippen molar-refractivity contribution < 1.29 is 48.0 Å². The van der Waals surface area contributed by atoms with Gasteiger partial charge in [-0.05, 0) is 23.8 Å². The molecular formula is C19H19NO11. The summed E-state index contributed by atoms with van der Waals surface area (Å²) in [4.78, 5) is 49.6. The average molecular weight is 437 g/mol. The zero-order valence-electron chi connectivity index (χ0n) is 16.5. The van der Waals surface area contributed by atoms with Gasteiger partial charge in [0.2, 0.25) is 0 Å². The highest BCUT2D eigenvalue weighted by atomic mass is 17.0. The lowest BCUT2D eigenvalue weighted by Crippen LogP contribution is -2.35. The Balaban J connectivity index is 1.62. The number of nitrogens with zero attached hydrogens (tertiary/aromatic N) is 1. The fourth-order valence-corrected chi connectivity index (χ4v) is 3.19. The molecule has 0 amide bonds. The molecule has 166 valence electrons. The van der Waals surface area contributed by atoms with Crippen LogP contribution in [-0.4, -0.2) is 60.6 Å². The predicted molar refractivity (Wildman–Crippen MR) is 99.3 cm³/mol. The van der Waals surface area contributed by atoms with E-state index in [1.54, 1.807) is 6.07 Å². The van der Waals surface area contributed by atoms with Gasteiger partial charge >= 0.3 is 17.9 Å². The van der Waals surface area contributed by atoms with Crippen molar-refractivity contribution in [2.45, 2.75) is 38.3 Å². The number of hydrogen-bond donors (Lipinski definition) is 0. The Labute approximate surface area is 175 Å². The van der Waals surface area contributed by atoms with Gasteiger partial charge in [-0.25, -0.2) is 4.79 Å². The minimum Gasteiger partial charge on any atom is -0.454 e. The first-order chi connectivity index (χ1) is 14.7. The van der Waals surface area contributed by atoms with Crippen LogP contribution < -0.4 is 9.47 Å². The van der Waals surface area contributed by atoms with Crippen molar-refractivity contribution in [1.82, 2.24) is 0 Å². The molecule has 1 aromatic carbocycles. The first-order valence-corrected chi connectivity index (χ1v) is 9.17. The number of hydrogen-bond acceptors (Lipinski definition) is 11. The lowest BCUT2D eigenvalue weighted by Gasteiger charge is -2.15. The molecule has 2 aliphatic heterocycles. The molecule has 31 heavy (non-hydrogen) atoms. The average Bonchev–Trinajstić information content (AvgIpc) is 3.24. The first kappa shape index (κ1) is 22.2. The summed E-state index contributed by atoms with van der Waals surface area (Å²) >= 11 is 0. The van der Waals surface area contributed by atoms with Gasteiger partial charge in [0.15, 0.2) is 23.7 Å². The maximum Gasteiger partial charge on any atom is 0.331 e. The van der Waals surface area contributed by atoms with Crippen molar-refractivity contribution in [3.63, 3.8) is 0 Å². The quantitative estimate of drug-likeness (QED) is 0.196. The zero-order chi connectivity index (χ0) is 22.5. The largest absolute Gasteiger partial charge is 0.454 e. The Morgan fingerprint density at radius 2 is 1.65 bits per heavy atom. The third-order valence-electron chi connectivity index (χ3n) is 4.34. The molecular weight excluding hydrogens is 418 g/mol. The summed E-state index contributed by atoms with van der Waals surface area (Å²) in [5, 5.41) is 9.59. The summed E-state index contributed by atoms with van der Waals surface area (Å²) in [6, 6.07) is 4.38. The molecule has 12 heteroatoms. The molecule has 2 heterocycles. The number of fused-ring (bicyclic) bond motifs is 1. The van der Waals surface area contributed by atoms with E-state index < -0.39 is 47.4 Å². The van der Waals surface area contributed by atoms with Gasteiger partial charge in [-0.2, -0.15) is 0 Å². The first-order valence-electron chi connectivity index (χ1n) is 9.17. The van der Waals surface area contributed by atoms with Crippen LogP contribution in [0.5, 0.6) is 11.5 Å². The molecule has 2 fully saturated rings. The van der Waals surface area contributed by atoms with Crippen molar-refractivity contribution in [2.24, 2.45) is 0 Å². The molecule has 0 bridgehead atoms. The van der Waals surface area contributed by atoms with Crippen LogP contribution in [0.3, 0.4) is 0 Å². The Morgan fingerprint density at radius 1 is 1.03 bits per heavy atom. The minimum absolute atomic E-state index is 0.0141. The highest BCUT2D eigenvalue weighted by Crippen LogP contribution is 2.31. The van der Waals surface area contributed by atoms with Gasteiger partial charge in [0.25, 0.3) is 5.09 Å². The fourth-order valence-electron chi connectivity index (χ4n) is 3.19. The van der Waals surface area contributed by atoms with Gasteiger partial charge in [0.05, 0.1) is 13.2 Å². The van der Waals surface area contributed by atoms with E-state index in [1.165, 1.54) is 32.1 Å². The van der Waals surface area contributed by atoms with Crippen molar-refractivity contribution in [3.8, 4) is 11.5 Å². The number of rotatable bonds is 7. The molecule has 0 radical (unpaired) electrons. The summed E-state index contributed by atoms with van der Waals surface area (Å²) in [5.74, 6) is -1.82. The molecule has 0 unspecified atom stereocenters. The molecule has 1 aromatic rings. The Hall–Kier alpha value is -3.51. The molecule has 12 nitrogen and oxygen atoms in total. The molecule has 0 spiro atoms. The topological polar surface area (TPSA) is 150 Å². The molecule has 2 aliphatic rings. The number of ether oxygens (including phenoxy) is 5. The zero-order valence-corrected chi connectivity index (χ0v) is 16.5. The molecule has 3 rings (SSSR count). The maximum absolute atomic E-state index is 12.2. The maximum atomic E-state index is 12.2. The van der Waals surface area contributed by atoms with Crippen LogP contribution in [0.2, 0.25) is 0 Å². The van der Waals surface area contributed by atoms with Gasteiger partial charge in [-0.3, -0.25) is 9.59 Å². The van der Waals surface area contributed by atoms with Crippen molar-refractivity contribution in [1.29, 1.82) is 0 Å². The highest BCUT2D eigenvalue weighted by molar-refractivity contribution is 5.87. The van der Waals surface area contributed by atoms with E-state index in [0.29, 0.717) is 5.56 Å². The standard InChI is InChI=1S/C19H19NO11/c1-10(21)28-13-5-3-12(7-14(13)29-11(2)22)4-6-17(23)30-15-8-26-19-16(31-20(24)25)9-27-18(15)19/h3-7,15-16,18-19H,8-9H2,1-2H3/b6-4+/t15-,16+,18-,19-/m1/s1. The predicted octanol–water partition coefficient (Wildman–Crippen LogP) is 0.837. The van der Waals surface area contributed by atoms with E-state index in [1.807, 2.05) is 0 Å². The van der Waals surface area contributed by atoms with Gasteiger partial charge in [0, 0.05) is 19.9 Å². The molecule has 0 N–H and O–H groups in total. The van der Waals surface area contributed by atoms with Crippen LogP contribution in [-0.2, 0) is 33.4 Å². The van der Waals surface area contributed by atoms with Gasteiger partial charge in [-0.1, -0.05) is 6.07 Å². The van der Waals surface area contributed by atoms with Crippen molar-refractivity contribution in [3.05, 3.63) is 40.0 Å². The lowest BCUT2D eigenvalue weighted by molar-refractivity contribution is -0.769. The molecule has 4 atom stereocenters. The SMILES string of the molecule is CC(=O)Oc1ccc(/C=C/C(=O)O[C@@H]2CO[C@H]3[C@@H]2OC[C@@H]3O[N+](=O)[O-])cc1OC(C)=O. The van der Waals surface area contributed by atoms with E-state index >= 15 is 0 Å². The third kappa shape index (κ3) is 5.77. The third-order valence-corrected chi connectivity index (χ3v) is 4.34. The van der Waals surface area contributed by atoms with E-state index in [4.69, 9.17) is 23.7 Å². The van der Waals surface area contributed by atoms with Crippen LogP contribution in [0.15, 0.2) is 24.3 Å². The molecule has 0 saturated carbocycles. The second-order valence-corrected chi connectivity index (χ2v) is 6.67. The summed E-state index contributed by atoms with van der Waals surface area (Å²) < 4.78 is 26.2. The van der Waals surface area contributed by atoms with Gasteiger partial charge in [-0.15, -0.1) is 10.1 Å². The van der Waals surface area contributed by atoms with E-state index in [0.717, 1.165) is 6.08 Å². The highest BCUT2D eigenvalue weighted by Gasteiger charge is 2.51. The number of benzene rings is 1. The van der Waals surface area contributed by atoms with Crippen LogP contribution >= 0.6 is 0 Å². The molecule has 2 saturated heterocycles. The minimum atomic E-state index is -0.918. The fraction of sp³-hybridized carbons (Fsp3) is 0.421. The number of carbonyl (C=O) groups excluding carboxylic acids is 3. The van der Waals surface area contributed by atoms with Crippen LogP contribution in [0.4, 0.5) is 0 Å².